The van der Waals surface area contributed by atoms with Gasteiger partial charge < -0.3 is 4.74 Å². The van der Waals surface area contributed by atoms with E-state index in [0.29, 0.717) is 0 Å². The summed E-state index contributed by atoms with van der Waals surface area (Å²) in [4.78, 5) is 7.87. The molecule has 9 heteroatoms. The lowest BCUT2D eigenvalue weighted by molar-refractivity contribution is 0.00289. The summed E-state index contributed by atoms with van der Waals surface area (Å²) in [6.45, 7) is 6.65. The first-order valence-electron chi connectivity index (χ1n) is 6.79. The van der Waals surface area contributed by atoms with Crippen molar-refractivity contribution in [1.82, 2.24) is 9.97 Å². The van der Waals surface area contributed by atoms with Crippen LogP contribution in [0.3, 0.4) is 0 Å². The van der Waals surface area contributed by atoms with Gasteiger partial charge in [0.2, 0.25) is 0 Å². The number of halogens is 1. The monoisotopic (exact) mass is 359 g/mol. The molecule has 0 aromatic carbocycles. The molecule has 0 radical (unpaired) electrons. The van der Waals surface area contributed by atoms with Crippen molar-refractivity contribution in [2.24, 2.45) is 0 Å². The van der Waals surface area contributed by atoms with E-state index in [0.717, 1.165) is 16.4 Å². The minimum Gasteiger partial charge on any atom is -0.354 e. The second-order valence-electron chi connectivity index (χ2n) is 5.80. The van der Waals surface area contributed by atoms with Crippen LogP contribution in [-0.2, 0) is 14.8 Å². The number of ether oxygens (including phenoxy) is 1. The van der Waals surface area contributed by atoms with E-state index in [-0.39, 0.29) is 23.3 Å². The maximum atomic E-state index is 13.4. The third-order valence-electron chi connectivity index (χ3n) is 2.84. The predicted octanol–water partition coefficient (Wildman–Crippen LogP) is 2.95. The molecular weight excluding hydrogens is 341 g/mol. The molecule has 0 aliphatic heterocycles. The molecule has 0 spiro atoms. The standard InChI is InChI=1S/C14H18FN3O3S2/c1-10-11(15)5-6-13(17-10)23(19,20)18(9-21-14(2,3)4)12-7-22-8-16-12/h5-8H,9H2,1-4H3. The number of rotatable bonds is 5. The lowest BCUT2D eigenvalue weighted by atomic mass is 10.2. The molecule has 23 heavy (non-hydrogen) atoms. The maximum absolute atomic E-state index is 13.4. The van der Waals surface area contributed by atoms with Gasteiger partial charge in [-0.1, -0.05) is 0 Å². The second-order valence-corrected chi connectivity index (χ2v) is 8.33. The van der Waals surface area contributed by atoms with Gasteiger partial charge in [-0.2, -0.15) is 8.42 Å². The Kier molecular flexibility index (Phi) is 5.02. The first-order valence-corrected chi connectivity index (χ1v) is 9.17. The smallest absolute Gasteiger partial charge is 0.284 e. The normalized spacial score (nSPS) is 12.4. The number of anilines is 1. The number of nitrogens with zero attached hydrogens (tertiary/aromatic N) is 3. The largest absolute Gasteiger partial charge is 0.354 e. The minimum absolute atomic E-state index is 0.0149. The molecule has 0 unspecified atom stereocenters. The molecule has 0 aliphatic rings. The number of sulfonamides is 1. The molecule has 0 atom stereocenters. The topological polar surface area (TPSA) is 72.4 Å². The second kappa shape index (κ2) is 6.50. The zero-order valence-electron chi connectivity index (χ0n) is 13.3. The van der Waals surface area contributed by atoms with E-state index in [1.54, 1.807) is 5.38 Å². The highest BCUT2D eigenvalue weighted by atomic mass is 32.2. The molecule has 0 fully saturated rings. The summed E-state index contributed by atoms with van der Waals surface area (Å²) in [5.74, 6) is -0.321. The number of hydrogen-bond donors (Lipinski definition) is 0. The fraction of sp³-hybridized carbons (Fsp3) is 0.429. The van der Waals surface area contributed by atoms with Crippen LogP contribution in [0.15, 0.2) is 28.0 Å². The van der Waals surface area contributed by atoms with E-state index in [2.05, 4.69) is 9.97 Å². The lowest BCUT2D eigenvalue weighted by Gasteiger charge is -2.26. The molecule has 2 aromatic heterocycles. The van der Waals surface area contributed by atoms with Gasteiger partial charge in [0.05, 0.1) is 16.8 Å². The van der Waals surface area contributed by atoms with Gasteiger partial charge in [0.1, 0.15) is 12.5 Å². The number of pyridine rings is 1. The highest BCUT2D eigenvalue weighted by Gasteiger charge is 2.29. The van der Waals surface area contributed by atoms with Crippen LogP contribution in [0, 0.1) is 12.7 Å². The molecule has 2 heterocycles. The number of thiazole rings is 1. The fourth-order valence-electron chi connectivity index (χ4n) is 1.62. The van der Waals surface area contributed by atoms with Crippen molar-refractivity contribution in [2.75, 3.05) is 11.0 Å². The summed E-state index contributed by atoms with van der Waals surface area (Å²) in [6, 6.07) is 2.22. The zero-order valence-corrected chi connectivity index (χ0v) is 14.9. The van der Waals surface area contributed by atoms with E-state index >= 15 is 0 Å². The molecule has 126 valence electrons. The van der Waals surface area contributed by atoms with Gasteiger partial charge in [-0.15, -0.1) is 11.3 Å². The SMILES string of the molecule is Cc1nc(S(=O)(=O)N(COC(C)(C)C)c2cscn2)ccc1F. The highest BCUT2D eigenvalue weighted by Crippen LogP contribution is 2.24. The fourth-order valence-corrected chi connectivity index (χ4v) is 3.48. The van der Waals surface area contributed by atoms with Gasteiger partial charge in [0.15, 0.2) is 10.8 Å². The molecule has 0 saturated heterocycles. The minimum atomic E-state index is -4.01. The van der Waals surface area contributed by atoms with Crippen LogP contribution in [0.1, 0.15) is 26.5 Å². The predicted molar refractivity (Wildman–Crippen MR) is 86.4 cm³/mol. The van der Waals surface area contributed by atoms with Crippen molar-refractivity contribution in [3.05, 3.63) is 34.5 Å². The van der Waals surface area contributed by atoms with Crippen molar-refractivity contribution in [2.45, 2.75) is 38.3 Å². The number of aromatic nitrogens is 2. The van der Waals surface area contributed by atoms with E-state index < -0.39 is 21.4 Å². The maximum Gasteiger partial charge on any atom is 0.284 e. The summed E-state index contributed by atoms with van der Waals surface area (Å²) in [5.41, 5.74) is 1.01. The van der Waals surface area contributed by atoms with Gasteiger partial charge in [-0.3, -0.25) is 0 Å². The summed E-state index contributed by atoms with van der Waals surface area (Å²) in [7, 11) is -4.01. The van der Waals surface area contributed by atoms with Crippen LogP contribution < -0.4 is 4.31 Å². The molecule has 0 bridgehead atoms. The van der Waals surface area contributed by atoms with Crippen LogP contribution in [0.25, 0.3) is 0 Å². The highest BCUT2D eigenvalue weighted by molar-refractivity contribution is 7.92. The quantitative estimate of drug-likeness (QED) is 0.768. The Morgan fingerprint density at radius 1 is 1.35 bits per heavy atom. The first-order chi connectivity index (χ1) is 10.6. The van der Waals surface area contributed by atoms with Crippen molar-refractivity contribution in [3.63, 3.8) is 0 Å². The Balaban J connectivity index is 2.42. The molecule has 0 amide bonds. The van der Waals surface area contributed by atoms with Crippen LogP contribution in [0.2, 0.25) is 0 Å². The number of hydrogen-bond acceptors (Lipinski definition) is 6. The van der Waals surface area contributed by atoms with E-state index in [9.17, 15) is 12.8 Å². The Labute approximate surface area is 139 Å². The van der Waals surface area contributed by atoms with Gasteiger partial charge >= 0.3 is 0 Å². The molecule has 0 saturated carbocycles. The van der Waals surface area contributed by atoms with Crippen LogP contribution in [-0.4, -0.2) is 30.7 Å². The summed E-state index contributed by atoms with van der Waals surface area (Å²) in [6.07, 6.45) is 0. The van der Waals surface area contributed by atoms with Gasteiger partial charge in [0.25, 0.3) is 10.0 Å². The summed E-state index contributed by atoms with van der Waals surface area (Å²) < 4.78 is 45.6. The first kappa shape index (κ1) is 17.8. The lowest BCUT2D eigenvalue weighted by Crippen LogP contribution is -2.37. The van der Waals surface area contributed by atoms with Crippen molar-refractivity contribution in [3.8, 4) is 0 Å². The molecular formula is C14H18FN3O3S2. The number of aryl methyl sites for hydroxylation is 1. The molecule has 0 aliphatic carbocycles. The van der Waals surface area contributed by atoms with E-state index in [1.165, 1.54) is 23.8 Å². The zero-order chi connectivity index (χ0) is 17.3. The summed E-state index contributed by atoms with van der Waals surface area (Å²) >= 11 is 1.26. The Morgan fingerprint density at radius 3 is 2.57 bits per heavy atom. The Bertz CT molecular complexity index is 771. The third-order valence-corrected chi connectivity index (χ3v) is 5.04. The van der Waals surface area contributed by atoms with Gasteiger partial charge in [0, 0.05) is 5.38 Å². The van der Waals surface area contributed by atoms with Crippen molar-refractivity contribution >= 4 is 27.2 Å². The van der Waals surface area contributed by atoms with E-state index in [4.69, 9.17) is 4.74 Å². The Morgan fingerprint density at radius 2 is 2.04 bits per heavy atom. The van der Waals surface area contributed by atoms with Crippen molar-refractivity contribution < 1.29 is 17.5 Å². The molecule has 6 nitrogen and oxygen atoms in total. The molecule has 0 N–H and O–H groups in total. The Hall–Kier alpha value is -1.58. The summed E-state index contributed by atoms with van der Waals surface area (Å²) in [5, 5.41) is 1.35. The third kappa shape index (κ3) is 4.24. The van der Waals surface area contributed by atoms with Crippen LogP contribution in [0.4, 0.5) is 10.2 Å². The van der Waals surface area contributed by atoms with Gasteiger partial charge in [-0.25, -0.2) is 18.7 Å². The van der Waals surface area contributed by atoms with E-state index in [1.807, 2.05) is 20.8 Å². The molecule has 2 rings (SSSR count). The van der Waals surface area contributed by atoms with Crippen LogP contribution in [0.5, 0.6) is 0 Å². The molecule has 2 aromatic rings. The van der Waals surface area contributed by atoms with Crippen molar-refractivity contribution in [1.29, 1.82) is 0 Å². The van der Waals surface area contributed by atoms with Gasteiger partial charge in [-0.05, 0) is 39.8 Å². The van der Waals surface area contributed by atoms with Crippen LogP contribution >= 0.6 is 11.3 Å². The average Bonchev–Trinajstić information content (AvgIpc) is 2.94. The average molecular weight is 359 g/mol.